The third-order valence-electron chi connectivity index (χ3n) is 2.18. The molecule has 0 amide bonds. The second-order valence-corrected chi connectivity index (χ2v) is 4.10. The highest BCUT2D eigenvalue weighted by Gasteiger charge is 2.26. The fraction of sp³-hybridized carbons (Fsp3) is 0.636. The summed E-state index contributed by atoms with van der Waals surface area (Å²) in [5.74, 6) is -5.54. The Morgan fingerprint density at radius 3 is 1.73 bits per heavy atom. The molecule has 0 rings (SSSR count). The lowest BCUT2D eigenvalue weighted by Gasteiger charge is -2.18. The maximum Gasteiger partial charge on any atom is 0.336 e. The summed E-state index contributed by atoms with van der Waals surface area (Å²) in [6, 6.07) is 0. The van der Waals surface area contributed by atoms with Crippen LogP contribution in [0.1, 0.15) is 12.8 Å². The van der Waals surface area contributed by atoms with E-state index in [9.17, 15) is 19.2 Å². The summed E-state index contributed by atoms with van der Waals surface area (Å²) in [6.07, 6.45) is -7.09. The second-order valence-electron chi connectivity index (χ2n) is 4.10. The molecule has 11 nitrogen and oxygen atoms in total. The van der Waals surface area contributed by atoms with Crippen LogP contribution in [-0.2, 0) is 28.7 Å². The van der Waals surface area contributed by atoms with Crippen molar-refractivity contribution in [3.8, 4) is 0 Å². The molecule has 0 aliphatic heterocycles. The monoisotopic (exact) mass is 324 g/mol. The van der Waals surface area contributed by atoms with Gasteiger partial charge in [0.05, 0.1) is 19.4 Å². The van der Waals surface area contributed by atoms with Crippen LogP contribution in [-0.4, -0.2) is 80.9 Å². The van der Waals surface area contributed by atoms with Crippen molar-refractivity contribution < 1.29 is 54.2 Å². The first kappa shape index (κ1) is 19.8. The summed E-state index contributed by atoms with van der Waals surface area (Å²) in [6.45, 7) is -1.52. The Morgan fingerprint density at radius 2 is 1.32 bits per heavy atom. The topological polar surface area (TPSA) is 188 Å². The van der Waals surface area contributed by atoms with Crippen LogP contribution in [0.15, 0.2) is 0 Å². The Kier molecular flexibility index (Phi) is 8.67. The van der Waals surface area contributed by atoms with Crippen molar-refractivity contribution in [3.63, 3.8) is 0 Å². The second kappa shape index (κ2) is 9.65. The van der Waals surface area contributed by atoms with Gasteiger partial charge in [0.25, 0.3) is 0 Å². The minimum absolute atomic E-state index is 0.711. The van der Waals surface area contributed by atoms with E-state index < -0.39 is 68.2 Å². The van der Waals surface area contributed by atoms with Crippen LogP contribution in [0.2, 0.25) is 0 Å². The van der Waals surface area contributed by atoms with Gasteiger partial charge in [0.15, 0.2) is 18.3 Å². The van der Waals surface area contributed by atoms with Gasteiger partial charge in [0, 0.05) is 0 Å². The van der Waals surface area contributed by atoms with E-state index in [1.807, 2.05) is 0 Å². The maximum absolute atomic E-state index is 11.3. The van der Waals surface area contributed by atoms with Crippen LogP contribution < -0.4 is 0 Å². The van der Waals surface area contributed by atoms with Crippen molar-refractivity contribution in [2.24, 2.45) is 0 Å². The molecule has 22 heavy (non-hydrogen) atoms. The van der Waals surface area contributed by atoms with Crippen LogP contribution in [0.3, 0.4) is 0 Å². The first-order chi connectivity index (χ1) is 10.2. The largest absolute Gasteiger partial charge is 0.481 e. The van der Waals surface area contributed by atoms with Gasteiger partial charge in [0.1, 0.15) is 6.61 Å². The molecule has 0 bridgehead atoms. The predicted molar refractivity (Wildman–Crippen MR) is 64.4 cm³/mol. The van der Waals surface area contributed by atoms with Crippen molar-refractivity contribution in [3.05, 3.63) is 0 Å². The summed E-state index contributed by atoms with van der Waals surface area (Å²) >= 11 is 0. The number of carboxylic acids is 2. The number of ether oxygens (including phenoxy) is 2. The highest BCUT2D eigenvalue weighted by molar-refractivity contribution is 5.81. The molecule has 126 valence electrons. The van der Waals surface area contributed by atoms with E-state index in [4.69, 9.17) is 25.5 Å². The van der Waals surface area contributed by atoms with Gasteiger partial charge in [-0.15, -0.1) is 0 Å². The Labute approximate surface area is 123 Å². The standard InChI is InChI=1S/C11H16O11/c12-3-5(22-11(20)7(14)2-9(17)18)4-21-10(19)6(13)1-8(15)16/h5-7,12-14H,1-4H2,(H,15,16)(H,17,18). The highest BCUT2D eigenvalue weighted by atomic mass is 16.6. The van der Waals surface area contributed by atoms with E-state index in [2.05, 4.69) is 9.47 Å². The van der Waals surface area contributed by atoms with Crippen molar-refractivity contribution in [2.75, 3.05) is 13.2 Å². The third-order valence-corrected chi connectivity index (χ3v) is 2.18. The zero-order valence-corrected chi connectivity index (χ0v) is 11.2. The van der Waals surface area contributed by atoms with Crippen LogP contribution in [0.5, 0.6) is 0 Å². The molecule has 0 saturated carbocycles. The Balaban J connectivity index is 4.31. The maximum atomic E-state index is 11.3. The van der Waals surface area contributed by atoms with Gasteiger partial charge in [-0.3, -0.25) is 9.59 Å². The van der Waals surface area contributed by atoms with E-state index in [0.717, 1.165) is 0 Å². The number of hydrogen-bond acceptors (Lipinski definition) is 9. The van der Waals surface area contributed by atoms with Gasteiger partial charge >= 0.3 is 23.9 Å². The lowest BCUT2D eigenvalue weighted by Crippen LogP contribution is -2.36. The molecule has 5 N–H and O–H groups in total. The van der Waals surface area contributed by atoms with Gasteiger partial charge in [-0.05, 0) is 0 Å². The van der Waals surface area contributed by atoms with Crippen LogP contribution in [0.25, 0.3) is 0 Å². The molecule has 0 aromatic rings. The quantitative estimate of drug-likeness (QED) is 0.259. The van der Waals surface area contributed by atoms with Gasteiger partial charge in [-0.2, -0.15) is 0 Å². The van der Waals surface area contributed by atoms with Crippen LogP contribution in [0, 0.1) is 0 Å². The SMILES string of the molecule is O=C(O)CC(O)C(=O)OCC(CO)OC(=O)C(O)CC(=O)O. The molecule has 0 aromatic heterocycles. The number of aliphatic carboxylic acids is 2. The lowest BCUT2D eigenvalue weighted by atomic mass is 10.2. The van der Waals surface area contributed by atoms with E-state index in [1.54, 1.807) is 0 Å². The highest BCUT2D eigenvalue weighted by Crippen LogP contribution is 2.02. The molecular weight excluding hydrogens is 308 g/mol. The first-order valence-electron chi connectivity index (χ1n) is 5.95. The minimum atomic E-state index is -1.96. The average Bonchev–Trinajstić information content (AvgIpc) is 2.40. The van der Waals surface area contributed by atoms with Gasteiger partial charge < -0.3 is 35.0 Å². The Bertz CT molecular complexity index is 418. The lowest BCUT2D eigenvalue weighted by molar-refractivity contribution is -0.173. The van der Waals surface area contributed by atoms with Gasteiger partial charge in [-0.1, -0.05) is 0 Å². The minimum Gasteiger partial charge on any atom is -0.481 e. The predicted octanol–water partition coefficient (Wildman–Crippen LogP) is -2.90. The number of carbonyl (C=O) groups excluding carboxylic acids is 2. The van der Waals surface area contributed by atoms with E-state index >= 15 is 0 Å². The molecule has 3 unspecified atom stereocenters. The van der Waals surface area contributed by atoms with Crippen LogP contribution >= 0.6 is 0 Å². The number of esters is 2. The van der Waals surface area contributed by atoms with Gasteiger partial charge in [-0.25, -0.2) is 9.59 Å². The first-order valence-corrected chi connectivity index (χ1v) is 5.95. The smallest absolute Gasteiger partial charge is 0.336 e. The van der Waals surface area contributed by atoms with Crippen molar-refractivity contribution in [1.29, 1.82) is 0 Å². The number of hydrogen-bond donors (Lipinski definition) is 5. The summed E-state index contributed by atoms with van der Waals surface area (Å²) in [5.41, 5.74) is 0. The molecule has 0 saturated heterocycles. The average molecular weight is 324 g/mol. The molecular formula is C11H16O11. The third kappa shape index (κ3) is 8.14. The molecule has 3 atom stereocenters. The van der Waals surface area contributed by atoms with E-state index in [1.165, 1.54) is 0 Å². The fourth-order valence-electron chi connectivity index (χ4n) is 1.14. The molecule has 0 aliphatic carbocycles. The van der Waals surface area contributed by atoms with E-state index in [-0.39, 0.29) is 0 Å². The molecule has 0 spiro atoms. The number of aliphatic hydroxyl groups is 3. The summed E-state index contributed by atoms with van der Waals surface area (Å²) < 4.78 is 8.93. The summed E-state index contributed by atoms with van der Waals surface area (Å²) in [4.78, 5) is 43.0. The molecule has 0 radical (unpaired) electrons. The van der Waals surface area contributed by atoms with Crippen LogP contribution in [0.4, 0.5) is 0 Å². The molecule has 0 fully saturated rings. The molecule has 0 heterocycles. The van der Waals surface area contributed by atoms with Gasteiger partial charge in [0.2, 0.25) is 0 Å². The zero-order chi connectivity index (χ0) is 17.3. The zero-order valence-electron chi connectivity index (χ0n) is 11.2. The van der Waals surface area contributed by atoms with E-state index in [0.29, 0.717) is 0 Å². The summed E-state index contributed by atoms with van der Waals surface area (Å²) in [5, 5.41) is 43.9. The van der Waals surface area contributed by atoms with Crippen molar-refractivity contribution in [2.45, 2.75) is 31.2 Å². The number of aliphatic hydroxyl groups excluding tert-OH is 3. The number of rotatable bonds is 10. The Morgan fingerprint density at radius 1 is 0.864 bits per heavy atom. The van der Waals surface area contributed by atoms with Crippen molar-refractivity contribution in [1.82, 2.24) is 0 Å². The summed E-state index contributed by atoms with van der Waals surface area (Å²) in [7, 11) is 0. The fourth-order valence-corrected chi connectivity index (χ4v) is 1.14. The molecule has 0 aromatic carbocycles. The Hall–Kier alpha value is -2.24. The van der Waals surface area contributed by atoms with Crippen molar-refractivity contribution >= 4 is 23.9 Å². The number of carbonyl (C=O) groups is 4. The normalized spacial score (nSPS) is 14.5. The molecule has 11 heteroatoms. The number of carboxylic acid groups (broad SMARTS) is 2. The molecule has 0 aliphatic rings.